The summed E-state index contributed by atoms with van der Waals surface area (Å²) in [6.45, 7) is 4.87. The first kappa shape index (κ1) is 13.2. The van der Waals surface area contributed by atoms with Crippen LogP contribution in [0.25, 0.3) is 0 Å². The van der Waals surface area contributed by atoms with E-state index in [0.717, 1.165) is 12.1 Å². The van der Waals surface area contributed by atoms with Crippen LogP contribution >= 0.6 is 24.8 Å². The standard InChI is InChI=1S/C6H11N3.2ClH/c1-3-9-4-5(2)6(7)8-9;;/h4H,3H2,1-2H3,(H2,7,8);2*1H. The van der Waals surface area contributed by atoms with Crippen molar-refractivity contribution in [2.24, 2.45) is 0 Å². The van der Waals surface area contributed by atoms with Gasteiger partial charge in [0, 0.05) is 18.3 Å². The molecule has 0 unspecified atom stereocenters. The molecule has 2 N–H and O–H groups in total. The molecule has 0 saturated carbocycles. The maximum absolute atomic E-state index is 5.48. The number of rotatable bonds is 1. The summed E-state index contributed by atoms with van der Waals surface area (Å²) in [5, 5.41) is 4.02. The van der Waals surface area contributed by atoms with Crippen LogP contribution in [0.4, 0.5) is 5.82 Å². The van der Waals surface area contributed by atoms with Crippen LogP contribution in [0.2, 0.25) is 0 Å². The number of anilines is 1. The molecular formula is C6H13Cl2N3. The van der Waals surface area contributed by atoms with Crippen molar-refractivity contribution in [3.63, 3.8) is 0 Å². The van der Waals surface area contributed by atoms with Gasteiger partial charge >= 0.3 is 0 Å². The molecule has 66 valence electrons. The van der Waals surface area contributed by atoms with E-state index in [4.69, 9.17) is 5.73 Å². The van der Waals surface area contributed by atoms with Gasteiger partial charge in [0.2, 0.25) is 0 Å². The SMILES string of the molecule is CCn1cc(C)c(N)n1.Cl.Cl. The molecule has 0 saturated heterocycles. The molecule has 1 rings (SSSR count). The Labute approximate surface area is 78.8 Å². The lowest BCUT2D eigenvalue weighted by Gasteiger charge is -1.88. The smallest absolute Gasteiger partial charge is 0.148 e. The minimum absolute atomic E-state index is 0. The Kier molecular flexibility index (Phi) is 6.32. The molecule has 0 atom stereocenters. The summed E-state index contributed by atoms with van der Waals surface area (Å²) in [5.74, 6) is 0.636. The third-order valence-electron chi connectivity index (χ3n) is 1.31. The van der Waals surface area contributed by atoms with Crippen molar-refractivity contribution in [3.05, 3.63) is 11.8 Å². The van der Waals surface area contributed by atoms with Crippen molar-refractivity contribution >= 4 is 30.6 Å². The Morgan fingerprint density at radius 2 is 2.09 bits per heavy atom. The fraction of sp³-hybridized carbons (Fsp3) is 0.500. The van der Waals surface area contributed by atoms with Crippen LogP contribution in [0.1, 0.15) is 12.5 Å². The number of nitrogen functional groups attached to an aromatic ring is 1. The molecule has 0 radical (unpaired) electrons. The Bertz CT molecular complexity index is 190. The van der Waals surface area contributed by atoms with Crippen molar-refractivity contribution in [3.8, 4) is 0 Å². The van der Waals surface area contributed by atoms with Crippen molar-refractivity contribution < 1.29 is 0 Å². The topological polar surface area (TPSA) is 43.8 Å². The summed E-state index contributed by atoms with van der Waals surface area (Å²) < 4.78 is 1.82. The summed E-state index contributed by atoms with van der Waals surface area (Å²) in [7, 11) is 0. The van der Waals surface area contributed by atoms with Gasteiger partial charge < -0.3 is 5.73 Å². The summed E-state index contributed by atoms with van der Waals surface area (Å²) >= 11 is 0. The largest absolute Gasteiger partial charge is 0.382 e. The van der Waals surface area contributed by atoms with Crippen molar-refractivity contribution in [1.29, 1.82) is 0 Å². The van der Waals surface area contributed by atoms with Crippen LogP contribution in [0.5, 0.6) is 0 Å². The van der Waals surface area contributed by atoms with Crippen LogP contribution in [0, 0.1) is 6.92 Å². The zero-order chi connectivity index (χ0) is 6.85. The fourth-order valence-corrected chi connectivity index (χ4v) is 0.698. The monoisotopic (exact) mass is 197 g/mol. The average molecular weight is 198 g/mol. The highest BCUT2D eigenvalue weighted by Crippen LogP contribution is 2.04. The molecular weight excluding hydrogens is 185 g/mol. The van der Waals surface area contributed by atoms with E-state index in [1.165, 1.54) is 0 Å². The lowest BCUT2D eigenvalue weighted by atomic mass is 10.4. The van der Waals surface area contributed by atoms with E-state index in [-0.39, 0.29) is 24.8 Å². The van der Waals surface area contributed by atoms with Crippen LogP contribution in [-0.2, 0) is 6.54 Å². The maximum Gasteiger partial charge on any atom is 0.148 e. The molecule has 11 heavy (non-hydrogen) atoms. The number of nitrogens with zero attached hydrogens (tertiary/aromatic N) is 2. The Balaban J connectivity index is 0. The van der Waals surface area contributed by atoms with Gasteiger partial charge in [-0.25, -0.2) is 0 Å². The van der Waals surface area contributed by atoms with E-state index < -0.39 is 0 Å². The number of aryl methyl sites for hydroxylation is 2. The molecule has 0 aromatic carbocycles. The van der Waals surface area contributed by atoms with E-state index in [1.54, 1.807) is 0 Å². The van der Waals surface area contributed by atoms with Gasteiger partial charge in [-0.15, -0.1) is 24.8 Å². The molecule has 0 aliphatic heterocycles. The minimum atomic E-state index is 0. The quantitative estimate of drug-likeness (QED) is 0.745. The van der Waals surface area contributed by atoms with Crippen molar-refractivity contribution in [1.82, 2.24) is 9.78 Å². The number of aromatic nitrogens is 2. The minimum Gasteiger partial charge on any atom is -0.382 e. The summed E-state index contributed by atoms with van der Waals surface area (Å²) in [6.07, 6.45) is 1.94. The first-order valence-electron chi connectivity index (χ1n) is 3.03. The molecule has 5 heteroatoms. The van der Waals surface area contributed by atoms with Gasteiger partial charge in [0.1, 0.15) is 5.82 Å². The first-order valence-corrected chi connectivity index (χ1v) is 3.03. The number of halogens is 2. The van der Waals surface area contributed by atoms with E-state index in [1.807, 2.05) is 24.7 Å². The molecule has 3 nitrogen and oxygen atoms in total. The average Bonchev–Trinajstić information content (AvgIpc) is 2.13. The van der Waals surface area contributed by atoms with Gasteiger partial charge in [0.25, 0.3) is 0 Å². The third kappa shape index (κ3) is 2.99. The highest BCUT2D eigenvalue weighted by Gasteiger charge is 1.96. The van der Waals surface area contributed by atoms with Crippen LogP contribution in [-0.4, -0.2) is 9.78 Å². The molecule has 0 aliphatic rings. The number of nitrogens with two attached hydrogens (primary N) is 1. The molecule has 0 aliphatic carbocycles. The Morgan fingerprint density at radius 3 is 2.27 bits per heavy atom. The third-order valence-corrected chi connectivity index (χ3v) is 1.31. The fourth-order valence-electron chi connectivity index (χ4n) is 0.698. The van der Waals surface area contributed by atoms with Crippen LogP contribution < -0.4 is 5.73 Å². The highest BCUT2D eigenvalue weighted by molar-refractivity contribution is 5.85. The Morgan fingerprint density at radius 1 is 1.55 bits per heavy atom. The lowest BCUT2D eigenvalue weighted by molar-refractivity contribution is 0.662. The van der Waals surface area contributed by atoms with E-state index >= 15 is 0 Å². The predicted molar refractivity (Wildman–Crippen MR) is 51.5 cm³/mol. The summed E-state index contributed by atoms with van der Waals surface area (Å²) in [6, 6.07) is 0. The van der Waals surface area contributed by atoms with Crippen molar-refractivity contribution in [2.45, 2.75) is 20.4 Å². The van der Waals surface area contributed by atoms with E-state index in [9.17, 15) is 0 Å². The van der Waals surface area contributed by atoms with Gasteiger partial charge in [-0.05, 0) is 13.8 Å². The molecule has 1 aromatic rings. The predicted octanol–water partition coefficient (Wildman–Crippen LogP) is 1.64. The van der Waals surface area contributed by atoms with Crippen LogP contribution in [0.3, 0.4) is 0 Å². The maximum atomic E-state index is 5.48. The van der Waals surface area contributed by atoms with E-state index in [2.05, 4.69) is 5.10 Å². The Hall–Kier alpha value is -0.410. The zero-order valence-electron chi connectivity index (χ0n) is 6.57. The lowest BCUT2D eigenvalue weighted by Crippen LogP contribution is -1.95. The van der Waals surface area contributed by atoms with Gasteiger partial charge in [0.15, 0.2) is 0 Å². The first-order chi connectivity index (χ1) is 4.24. The molecule has 1 aromatic heterocycles. The second-order valence-electron chi connectivity index (χ2n) is 2.05. The normalized spacial score (nSPS) is 8.18. The number of hydrogen-bond acceptors (Lipinski definition) is 2. The summed E-state index contributed by atoms with van der Waals surface area (Å²) in [4.78, 5) is 0. The highest BCUT2D eigenvalue weighted by atomic mass is 35.5. The van der Waals surface area contributed by atoms with E-state index in [0.29, 0.717) is 5.82 Å². The molecule has 0 bridgehead atoms. The van der Waals surface area contributed by atoms with Gasteiger partial charge in [0.05, 0.1) is 0 Å². The number of hydrogen-bond donors (Lipinski definition) is 1. The van der Waals surface area contributed by atoms with Gasteiger partial charge in [-0.3, -0.25) is 4.68 Å². The van der Waals surface area contributed by atoms with Crippen molar-refractivity contribution in [2.75, 3.05) is 5.73 Å². The van der Waals surface area contributed by atoms with Gasteiger partial charge in [-0.1, -0.05) is 0 Å². The van der Waals surface area contributed by atoms with Gasteiger partial charge in [-0.2, -0.15) is 5.10 Å². The molecule has 1 heterocycles. The van der Waals surface area contributed by atoms with Crippen LogP contribution in [0.15, 0.2) is 6.20 Å². The second-order valence-corrected chi connectivity index (χ2v) is 2.05. The summed E-state index contributed by atoms with van der Waals surface area (Å²) in [5.41, 5.74) is 6.54. The molecule has 0 fully saturated rings. The molecule has 0 amide bonds. The second kappa shape index (κ2) is 5.27. The zero-order valence-corrected chi connectivity index (χ0v) is 8.21. The molecule has 0 spiro atoms.